The second kappa shape index (κ2) is 7.42. The molecular weight excluding hydrogens is 306 g/mol. The smallest absolute Gasteiger partial charge is 0.273 e. The number of nitrogens with one attached hydrogen (secondary N) is 3. The summed E-state index contributed by atoms with van der Waals surface area (Å²) in [6, 6.07) is 1.72. The zero-order valence-corrected chi connectivity index (χ0v) is 13.1. The summed E-state index contributed by atoms with van der Waals surface area (Å²) in [6.45, 7) is 0. The molecule has 0 unspecified atom stereocenters. The van der Waals surface area contributed by atoms with Crippen molar-refractivity contribution in [3.8, 4) is 0 Å². The molecule has 0 aromatic carbocycles. The van der Waals surface area contributed by atoms with Crippen LogP contribution in [0.15, 0.2) is 12.3 Å². The van der Waals surface area contributed by atoms with E-state index >= 15 is 0 Å². The topological polar surface area (TPSA) is 109 Å². The number of aromatic nitrogens is 1. The number of carbonyl (C=O) groups is 2. The molecule has 5 N–H and O–H groups in total. The Kier molecular flexibility index (Phi) is 5.57. The number of hydrogen-bond donors (Lipinski definition) is 4. The van der Waals surface area contributed by atoms with E-state index in [-0.39, 0.29) is 23.0 Å². The first-order valence-electron chi connectivity index (χ1n) is 7.20. The molecule has 22 heavy (non-hydrogen) atoms. The van der Waals surface area contributed by atoms with Gasteiger partial charge in [0.25, 0.3) is 5.91 Å². The van der Waals surface area contributed by atoms with Crippen LogP contribution in [-0.2, 0) is 4.79 Å². The fourth-order valence-corrected chi connectivity index (χ4v) is 2.64. The average Bonchev–Trinajstić information content (AvgIpc) is 2.52. The molecule has 7 nitrogen and oxygen atoms in total. The maximum absolute atomic E-state index is 12.1. The number of rotatable bonds is 3. The number of halogens is 1. The van der Waals surface area contributed by atoms with Gasteiger partial charge in [0.1, 0.15) is 5.15 Å². The van der Waals surface area contributed by atoms with E-state index < -0.39 is 5.91 Å². The maximum Gasteiger partial charge on any atom is 0.273 e. The first-order chi connectivity index (χ1) is 10.5. The molecule has 1 aliphatic carbocycles. The molecule has 0 spiro atoms. The van der Waals surface area contributed by atoms with Crippen molar-refractivity contribution in [2.75, 3.05) is 12.4 Å². The minimum absolute atomic E-state index is 0.104. The third-order valence-corrected chi connectivity index (χ3v) is 4.03. The molecule has 1 aromatic heterocycles. The lowest BCUT2D eigenvalue weighted by Crippen LogP contribution is -2.46. The summed E-state index contributed by atoms with van der Waals surface area (Å²) in [5.41, 5.74) is 11.5. The molecule has 1 fully saturated rings. The van der Waals surface area contributed by atoms with Crippen molar-refractivity contribution in [2.24, 2.45) is 11.7 Å². The first-order valence-corrected chi connectivity index (χ1v) is 7.58. The first kappa shape index (κ1) is 16.5. The van der Waals surface area contributed by atoms with E-state index in [4.69, 9.17) is 17.3 Å². The Balaban J connectivity index is 1.91. The zero-order chi connectivity index (χ0) is 16.1. The van der Waals surface area contributed by atoms with Gasteiger partial charge in [0.2, 0.25) is 5.91 Å². The van der Waals surface area contributed by atoms with Gasteiger partial charge < -0.3 is 11.1 Å². The minimum atomic E-state index is -0.450. The van der Waals surface area contributed by atoms with Crippen LogP contribution in [-0.4, -0.2) is 29.9 Å². The van der Waals surface area contributed by atoms with Crippen LogP contribution in [0.1, 0.15) is 36.0 Å². The Morgan fingerprint density at radius 1 is 1.27 bits per heavy atom. The van der Waals surface area contributed by atoms with Gasteiger partial charge in [0, 0.05) is 25.2 Å². The van der Waals surface area contributed by atoms with E-state index in [2.05, 4.69) is 21.2 Å². The lowest BCUT2D eigenvalue weighted by molar-refractivity contribution is -0.126. The summed E-state index contributed by atoms with van der Waals surface area (Å²) in [5.74, 6) is -0.741. The van der Waals surface area contributed by atoms with Gasteiger partial charge in [0.15, 0.2) is 0 Å². The normalized spacial score (nSPS) is 21.0. The van der Waals surface area contributed by atoms with Gasteiger partial charge in [0.05, 0.1) is 11.3 Å². The lowest BCUT2D eigenvalue weighted by Gasteiger charge is -2.25. The molecule has 0 aliphatic heterocycles. The summed E-state index contributed by atoms with van der Waals surface area (Å²) >= 11 is 5.78. The largest absolute Gasteiger partial charge is 0.387 e. The van der Waals surface area contributed by atoms with Crippen LogP contribution >= 0.6 is 11.6 Å². The van der Waals surface area contributed by atoms with Gasteiger partial charge in [-0.1, -0.05) is 11.6 Å². The van der Waals surface area contributed by atoms with Crippen molar-refractivity contribution >= 4 is 29.1 Å². The standard InChI is InChI=1S/C14H20ClN5O2/c1-17-11-6-12(15)18-7-10(11)14(22)20-19-13(21)8-2-4-9(16)5-3-8/h6-9H,2-5,16H2,1H3,(H,17,18)(H,19,21)(H,20,22)/t8-,9-. The molecule has 0 saturated heterocycles. The summed E-state index contributed by atoms with van der Waals surface area (Å²) in [5, 5.41) is 3.14. The van der Waals surface area contributed by atoms with Gasteiger partial charge >= 0.3 is 0 Å². The van der Waals surface area contributed by atoms with Crippen LogP contribution in [0.3, 0.4) is 0 Å². The van der Waals surface area contributed by atoms with E-state index in [1.165, 1.54) is 6.20 Å². The van der Waals surface area contributed by atoms with Gasteiger partial charge in [-0.05, 0) is 31.7 Å². The Bertz CT molecular complexity index is 558. The number of hydrogen-bond acceptors (Lipinski definition) is 5. The van der Waals surface area contributed by atoms with Crippen molar-refractivity contribution in [1.29, 1.82) is 0 Å². The Labute approximate surface area is 134 Å². The molecule has 8 heteroatoms. The van der Waals surface area contributed by atoms with Crippen LogP contribution in [0.2, 0.25) is 5.15 Å². The second-order valence-corrected chi connectivity index (χ2v) is 5.74. The molecule has 2 amide bonds. The predicted octanol–water partition coefficient (Wildman–Crippen LogP) is 1.06. The van der Waals surface area contributed by atoms with Gasteiger partial charge in [-0.15, -0.1) is 0 Å². The van der Waals surface area contributed by atoms with Crippen molar-refractivity contribution in [3.05, 3.63) is 23.0 Å². The summed E-state index contributed by atoms with van der Waals surface area (Å²) in [6.07, 6.45) is 4.50. The second-order valence-electron chi connectivity index (χ2n) is 5.36. The molecule has 0 radical (unpaired) electrons. The van der Waals surface area contributed by atoms with E-state index in [0.717, 1.165) is 25.7 Å². The van der Waals surface area contributed by atoms with Crippen LogP contribution in [0.25, 0.3) is 0 Å². The number of carbonyl (C=O) groups excluding carboxylic acids is 2. The van der Waals surface area contributed by atoms with Crippen LogP contribution < -0.4 is 21.9 Å². The van der Waals surface area contributed by atoms with Crippen LogP contribution in [0.5, 0.6) is 0 Å². The highest BCUT2D eigenvalue weighted by Crippen LogP contribution is 2.23. The molecule has 0 atom stereocenters. The molecule has 2 rings (SSSR count). The van der Waals surface area contributed by atoms with Crippen LogP contribution in [0, 0.1) is 5.92 Å². The van der Waals surface area contributed by atoms with Crippen LogP contribution in [0.4, 0.5) is 5.69 Å². The molecular formula is C14H20ClN5O2. The maximum atomic E-state index is 12.1. The zero-order valence-electron chi connectivity index (χ0n) is 12.4. The van der Waals surface area contributed by atoms with Crippen molar-refractivity contribution in [1.82, 2.24) is 15.8 Å². The summed E-state index contributed by atoms with van der Waals surface area (Å²) in [4.78, 5) is 28.0. The van der Waals surface area contributed by atoms with Crippen molar-refractivity contribution in [2.45, 2.75) is 31.7 Å². The average molecular weight is 326 g/mol. The SMILES string of the molecule is CNc1cc(Cl)ncc1C(=O)NNC(=O)[C@H]1CC[C@H](N)CC1. The number of amides is 2. The lowest BCUT2D eigenvalue weighted by atomic mass is 9.86. The quantitative estimate of drug-likeness (QED) is 0.490. The number of anilines is 1. The fourth-order valence-electron chi connectivity index (χ4n) is 2.49. The summed E-state index contributed by atoms with van der Waals surface area (Å²) in [7, 11) is 1.67. The Morgan fingerprint density at radius 3 is 2.59 bits per heavy atom. The number of nitrogens with two attached hydrogens (primary N) is 1. The molecule has 1 saturated carbocycles. The van der Waals surface area contributed by atoms with Gasteiger partial charge in [-0.3, -0.25) is 20.4 Å². The number of nitrogens with zero attached hydrogens (tertiary/aromatic N) is 1. The number of pyridine rings is 1. The Morgan fingerprint density at radius 2 is 1.95 bits per heavy atom. The molecule has 1 aliphatic rings. The van der Waals surface area contributed by atoms with E-state index in [9.17, 15) is 9.59 Å². The van der Waals surface area contributed by atoms with Gasteiger partial charge in [-0.25, -0.2) is 4.98 Å². The molecule has 120 valence electrons. The van der Waals surface area contributed by atoms with E-state index in [0.29, 0.717) is 11.3 Å². The predicted molar refractivity (Wildman–Crippen MR) is 84.3 cm³/mol. The van der Waals surface area contributed by atoms with E-state index in [1.807, 2.05) is 0 Å². The van der Waals surface area contributed by atoms with Gasteiger partial charge in [-0.2, -0.15) is 0 Å². The molecule has 1 aromatic rings. The third-order valence-electron chi connectivity index (χ3n) is 3.83. The van der Waals surface area contributed by atoms with Crippen molar-refractivity contribution < 1.29 is 9.59 Å². The third kappa shape index (κ3) is 4.08. The van der Waals surface area contributed by atoms with E-state index in [1.54, 1.807) is 13.1 Å². The number of hydrazine groups is 1. The fraction of sp³-hybridized carbons (Fsp3) is 0.500. The molecule has 1 heterocycles. The Hall–Kier alpha value is -1.86. The summed E-state index contributed by atoms with van der Waals surface area (Å²) < 4.78 is 0. The van der Waals surface area contributed by atoms with Crippen molar-refractivity contribution in [3.63, 3.8) is 0 Å². The minimum Gasteiger partial charge on any atom is -0.387 e. The highest BCUT2D eigenvalue weighted by atomic mass is 35.5. The highest BCUT2D eigenvalue weighted by Gasteiger charge is 2.25. The molecule has 0 bridgehead atoms. The monoisotopic (exact) mass is 325 g/mol. The highest BCUT2D eigenvalue weighted by molar-refractivity contribution is 6.29.